The SMILES string of the molecule is CCCCOc1cc(C=CC(=O)OCCOCC)ccc1OCCc1ccc(OCOCCOC)cc1OC. The van der Waals surface area contributed by atoms with Gasteiger partial charge in [0.25, 0.3) is 0 Å². The van der Waals surface area contributed by atoms with Crippen molar-refractivity contribution in [1.29, 1.82) is 0 Å². The largest absolute Gasteiger partial charge is 0.496 e. The maximum Gasteiger partial charge on any atom is 0.330 e. The number of hydrogen-bond acceptors (Lipinski definition) is 9. The minimum Gasteiger partial charge on any atom is -0.496 e. The zero-order valence-corrected chi connectivity index (χ0v) is 23.6. The number of ether oxygens (including phenoxy) is 8. The van der Waals surface area contributed by atoms with Crippen LogP contribution < -0.4 is 18.9 Å². The van der Waals surface area contributed by atoms with E-state index in [0.29, 0.717) is 69.1 Å². The van der Waals surface area contributed by atoms with Gasteiger partial charge in [0.1, 0.15) is 18.1 Å². The molecule has 0 aliphatic heterocycles. The molecule has 9 heteroatoms. The van der Waals surface area contributed by atoms with Gasteiger partial charge in [0.2, 0.25) is 0 Å². The molecule has 0 aliphatic carbocycles. The number of hydrogen-bond donors (Lipinski definition) is 0. The molecular weight excluding hydrogens is 504 g/mol. The molecule has 2 aromatic carbocycles. The lowest BCUT2D eigenvalue weighted by molar-refractivity contribution is -0.139. The Morgan fingerprint density at radius 3 is 2.38 bits per heavy atom. The molecule has 0 fully saturated rings. The Balaban J connectivity index is 1.97. The summed E-state index contributed by atoms with van der Waals surface area (Å²) in [4.78, 5) is 11.9. The lowest BCUT2D eigenvalue weighted by atomic mass is 10.1. The average Bonchev–Trinajstić information content (AvgIpc) is 2.95. The van der Waals surface area contributed by atoms with Crippen LogP contribution in [0, 0.1) is 0 Å². The normalized spacial score (nSPS) is 11.0. The van der Waals surface area contributed by atoms with Crippen LogP contribution in [0.5, 0.6) is 23.0 Å². The van der Waals surface area contributed by atoms with E-state index in [1.165, 1.54) is 6.08 Å². The molecule has 2 aromatic rings. The van der Waals surface area contributed by atoms with E-state index in [9.17, 15) is 4.79 Å². The van der Waals surface area contributed by atoms with Crippen LogP contribution in [0.15, 0.2) is 42.5 Å². The molecule has 0 heterocycles. The highest BCUT2D eigenvalue weighted by molar-refractivity contribution is 5.87. The van der Waals surface area contributed by atoms with Crippen LogP contribution in [0.1, 0.15) is 37.8 Å². The number of carbonyl (C=O) groups excluding carboxylic acids is 1. The standard InChI is InChI=1S/C30H42O9/c1-5-7-15-36-29-21-24(9-13-30(31)38-20-19-34-6-2)8-12-27(29)37-16-14-25-10-11-26(22-28(25)33-4)39-23-35-18-17-32-3/h8-13,21-22H,5-7,14-20,23H2,1-4H3. The molecule has 0 amide bonds. The van der Waals surface area contributed by atoms with Gasteiger partial charge in [-0.25, -0.2) is 4.79 Å². The van der Waals surface area contributed by atoms with Crippen LogP contribution >= 0.6 is 0 Å². The molecule has 0 N–H and O–H groups in total. The van der Waals surface area contributed by atoms with E-state index in [1.54, 1.807) is 20.3 Å². The number of unbranched alkanes of at least 4 members (excludes halogenated alkanes) is 1. The van der Waals surface area contributed by atoms with Crippen molar-refractivity contribution in [1.82, 2.24) is 0 Å². The van der Waals surface area contributed by atoms with Crippen molar-refractivity contribution in [2.75, 3.05) is 67.3 Å². The van der Waals surface area contributed by atoms with Crippen LogP contribution in [0.25, 0.3) is 6.08 Å². The average molecular weight is 547 g/mol. The minimum atomic E-state index is -0.424. The fourth-order valence-corrected chi connectivity index (χ4v) is 3.35. The summed E-state index contributed by atoms with van der Waals surface area (Å²) < 4.78 is 43.8. The molecule has 0 atom stereocenters. The highest BCUT2D eigenvalue weighted by Gasteiger charge is 2.10. The fraction of sp³-hybridized carbons (Fsp3) is 0.500. The molecule has 0 aromatic heterocycles. The van der Waals surface area contributed by atoms with Gasteiger partial charge >= 0.3 is 5.97 Å². The number of benzene rings is 2. The number of carbonyl (C=O) groups is 1. The summed E-state index contributed by atoms with van der Waals surface area (Å²) in [6.45, 7) is 7.29. The van der Waals surface area contributed by atoms with Gasteiger partial charge in [-0.1, -0.05) is 25.5 Å². The molecule has 39 heavy (non-hydrogen) atoms. The van der Waals surface area contributed by atoms with Gasteiger partial charge in [-0.05, 0) is 48.7 Å². The van der Waals surface area contributed by atoms with E-state index in [1.807, 2.05) is 43.3 Å². The van der Waals surface area contributed by atoms with E-state index in [0.717, 1.165) is 24.0 Å². The van der Waals surface area contributed by atoms with Gasteiger partial charge in [0.05, 0.1) is 40.1 Å². The highest BCUT2D eigenvalue weighted by atomic mass is 16.7. The molecule has 9 nitrogen and oxygen atoms in total. The molecule has 0 saturated carbocycles. The van der Waals surface area contributed by atoms with Crippen molar-refractivity contribution in [3.05, 3.63) is 53.6 Å². The van der Waals surface area contributed by atoms with Gasteiger partial charge in [0.15, 0.2) is 18.3 Å². The third-order valence-electron chi connectivity index (χ3n) is 5.44. The topological polar surface area (TPSA) is 90.9 Å². The zero-order chi connectivity index (χ0) is 28.1. The lowest BCUT2D eigenvalue weighted by Crippen LogP contribution is -2.08. The van der Waals surface area contributed by atoms with Crippen LogP contribution in [-0.2, 0) is 30.2 Å². The van der Waals surface area contributed by atoms with Crippen molar-refractivity contribution in [3.63, 3.8) is 0 Å². The second-order valence-corrected chi connectivity index (χ2v) is 8.34. The van der Waals surface area contributed by atoms with Crippen molar-refractivity contribution in [2.45, 2.75) is 33.1 Å². The van der Waals surface area contributed by atoms with E-state index in [-0.39, 0.29) is 13.4 Å². The fourth-order valence-electron chi connectivity index (χ4n) is 3.35. The highest BCUT2D eigenvalue weighted by Crippen LogP contribution is 2.30. The van der Waals surface area contributed by atoms with Crippen molar-refractivity contribution >= 4 is 12.0 Å². The van der Waals surface area contributed by atoms with Crippen LogP contribution in [0.3, 0.4) is 0 Å². The Kier molecular flexibility index (Phi) is 16.2. The lowest BCUT2D eigenvalue weighted by Gasteiger charge is -2.15. The van der Waals surface area contributed by atoms with E-state index in [4.69, 9.17) is 37.9 Å². The molecule has 0 spiro atoms. The first-order valence-corrected chi connectivity index (χ1v) is 13.3. The van der Waals surface area contributed by atoms with E-state index in [2.05, 4.69) is 6.92 Å². The van der Waals surface area contributed by atoms with Gasteiger partial charge in [-0.15, -0.1) is 0 Å². The van der Waals surface area contributed by atoms with Crippen LogP contribution in [-0.4, -0.2) is 73.2 Å². The maximum absolute atomic E-state index is 11.9. The molecule has 216 valence electrons. The smallest absolute Gasteiger partial charge is 0.330 e. The summed E-state index contributed by atoms with van der Waals surface area (Å²) in [5, 5.41) is 0. The Morgan fingerprint density at radius 1 is 0.795 bits per heavy atom. The first-order valence-electron chi connectivity index (χ1n) is 13.3. The molecule has 0 saturated heterocycles. The summed E-state index contributed by atoms with van der Waals surface area (Å²) in [7, 11) is 3.25. The Morgan fingerprint density at radius 2 is 1.62 bits per heavy atom. The summed E-state index contributed by atoms with van der Waals surface area (Å²) in [6, 6.07) is 11.2. The van der Waals surface area contributed by atoms with Crippen molar-refractivity contribution in [2.24, 2.45) is 0 Å². The van der Waals surface area contributed by atoms with Gasteiger partial charge in [0, 0.05) is 32.3 Å². The molecule has 0 unspecified atom stereocenters. The van der Waals surface area contributed by atoms with Gasteiger partial charge in [-0.3, -0.25) is 0 Å². The molecule has 0 bridgehead atoms. The predicted octanol–water partition coefficient (Wildman–Crippen LogP) is 5.09. The van der Waals surface area contributed by atoms with Crippen LogP contribution in [0.4, 0.5) is 0 Å². The van der Waals surface area contributed by atoms with Gasteiger partial charge < -0.3 is 37.9 Å². The summed E-state index contributed by atoms with van der Waals surface area (Å²) in [6.07, 6.45) is 5.65. The van der Waals surface area contributed by atoms with Crippen molar-refractivity contribution in [3.8, 4) is 23.0 Å². The first kappa shape index (κ1) is 31.9. The number of esters is 1. The first-order chi connectivity index (χ1) is 19.1. The third kappa shape index (κ3) is 12.9. The monoisotopic (exact) mass is 546 g/mol. The van der Waals surface area contributed by atoms with Gasteiger partial charge in [-0.2, -0.15) is 0 Å². The summed E-state index contributed by atoms with van der Waals surface area (Å²) >= 11 is 0. The molecule has 2 rings (SSSR count). The Bertz CT molecular complexity index is 990. The second kappa shape index (κ2) is 19.7. The molecule has 0 radical (unpaired) electrons. The second-order valence-electron chi connectivity index (χ2n) is 8.34. The number of methoxy groups -OCH3 is 2. The maximum atomic E-state index is 11.9. The predicted molar refractivity (Wildman–Crippen MR) is 149 cm³/mol. The zero-order valence-electron chi connectivity index (χ0n) is 23.6. The van der Waals surface area contributed by atoms with Crippen LogP contribution in [0.2, 0.25) is 0 Å². The quantitative estimate of drug-likeness (QED) is 0.0919. The Labute approximate surface area is 231 Å². The molecular formula is C30H42O9. The molecule has 0 aliphatic rings. The van der Waals surface area contributed by atoms with E-state index < -0.39 is 5.97 Å². The summed E-state index contributed by atoms with van der Waals surface area (Å²) in [5.41, 5.74) is 1.79. The number of rotatable bonds is 21. The minimum absolute atomic E-state index is 0.135. The van der Waals surface area contributed by atoms with Crippen molar-refractivity contribution < 1.29 is 42.7 Å². The summed E-state index contributed by atoms with van der Waals surface area (Å²) in [5.74, 6) is 2.20. The Hall–Kier alpha value is -3.27. The van der Waals surface area contributed by atoms with E-state index >= 15 is 0 Å². The third-order valence-corrected chi connectivity index (χ3v) is 5.44.